The molecule has 1 aliphatic rings. The standard InChI is InChI=1S/C17H19NO4S/c1-11-8-13(21-3)9-12(2)17(11)23(19,20)18-15-10-22-16-7-5-4-6-14(15)16/h4-9,15,18H,10H2,1-3H3. The van der Waals surface area contributed by atoms with Crippen molar-refractivity contribution in [2.24, 2.45) is 0 Å². The van der Waals surface area contributed by atoms with Gasteiger partial charge in [-0.3, -0.25) is 0 Å². The van der Waals surface area contributed by atoms with Crippen molar-refractivity contribution in [1.29, 1.82) is 0 Å². The highest BCUT2D eigenvalue weighted by molar-refractivity contribution is 7.89. The van der Waals surface area contributed by atoms with Gasteiger partial charge >= 0.3 is 0 Å². The van der Waals surface area contributed by atoms with E-state index in [0.29, 0.717) is 28.4 Å². The van der Waals surface area contributed by atoms with Crippen LogP contribution in [0.15, 0.2) is 41.3 Å². The van der Waals surface area contributed by atoms with Crippen LogP contribution in [0.2, 0.25) is 0 Å². The zero-order valence-electron chi connectivity index (χ0n) is 13.3. The summed E-state index contributed by atoms with van der Waals surface area (Å²) in [6.45, 7) is 3.83. The highest BCUT2D eigenvalue weighted by atomic mass is 32.2. The van der Waals surface area contributed by atoms with E-state index in [4.69, 9.17) is 9.47 Å². The van der Waals surface area contributed by atoms with Crippen molar-refractivity contribution in [2.75, 3.05) is 13.7 Å². The lowest BCUT2D eigenvalue weighted by atomic mass is 10.1. The van der Waals surface area contributed by atoms with E-state index in [1.807, 2.05) is 24.3 Å². The molecule has 23 heavy (non-hydrogen) atoms. The number of methoxy groups -OCH3 is 1. The van der Waals surface area contributed by atoms with Crippen LogP contribution in [0.3, 0.4) is 0 Å². The van der Waals surface area contributed by atoms with Crippen LogP contribution < -0.4 is 14.2 Å². The maximum Gasteiger partial charge on any atom is 0.241 e. The zero-order chi connectivity index (χ0) is 16.6. The van der Waals surface area contributed by atoms with Crippen LogP contribution >= 0.6 is 0 Å². The van der Waals surface area contributed by atoms with Crippen LogP contribution in [0, 0.1) is 13.8 Å². The van der Waals surface area contributed by atoms with Crippen molar-refractivity contribution in [3.63, 3.8) is 0 Å². The predicted octanol–water partition coefficient (Wildman–Crippen LogP) is 2.72. The Morgan fingerprint density at radius 1 is 1.17 bits per heavy atom. The molecule has 1 aliphatic heterocycles. The number of rotatable bonds is 4. The fraction of sp³-hybridized carbons (Fsp3) is 0.294. The molecule has 0 radical (unpaired) electrons. The largest absolute Gasteiger partial charge is 0.497 e. The number of aryl methyl sites for hydroxylation is 2. The van der Waals surface area contributed by atoms with Gasteiger partial charge in [-0.05, 0) is 43.2 Å². The highest BCUT2D eigenvalue weighted by Crippen LogP contribution is 2.34. The van der Waals surface area contributed by atoms with Crippen LogP contribution in [0.25, 0.3) is 0 Å². The number of hydrogen-bond donors (Lipinski definition) is 1. The average Bonchev–Trinajstić information content (AvgIpc) is 2.89. The number of ether oxygens (including phenoxy) is 2. The maximum absolute atomic E-state index is 12.8. The normalized spacial score (nSPS) is 16.7. The quantitative estimate of drug-likeness (QED) is 0.934. The SMILES string of the molecule is COc1cc(C)c(S(=O)(=O)NC2COc3ccccc32)c(C)c1. The highest BCUT2D eigenvalue weighted by Gasteiger charge is 2.30. The minimum absolute atomic E-state index is 0.294. The van der Waals surface area contributed by atoms with Gasteiger partial charge in [-0.2, -0.15) is 0 Å². The fourth-order valence-corrected chi connectivity index (χ4v) is 4.61. The second-order valence-corrected chi connectivity index (χ2v) is 7.26. The van der Waals surface area contributed by atoms with Crippen molar-refractivity contribution in [3.8, 4) is 11.5 Å². The van der Waals surface area contributed by atoms with Gasteiger partial charge in [0.1, 0.15) is 18.1 Å². The summed E-state index contributed by atoms with van der Waals surface area (Å²) in [6.07, 6.45) is 0. The van der Waals surface area contributed by atoms with E-state index in [2.05, 4.69) is 4.72 Å². The Labute approximate surface area is 136 Å². The summed E-state index contributed by atoms with van der Waals surface area (Å²) < 4.78 is 39.1. The first kappa shape index (κ1) is 15.8. The molecular formula is C17H19NO4S. The summed E-state index contributed by atoms with van der Waals surface area (Å²) in [5.41, 5.74) is 2.17. The minimum Gasteiger partial charge on any atom is -0.497 e. The Kier molecular flexibility index (Phi) is 4.04. The van der Waals surface area contributed by atoms with Gasteiger partial charge in [0, 0.05) is 5.56 Å². The molecule has 6 heteroatoms. The van der Waals surface area contributed by atoms with E-state index in [9.17, 15) is 8.42 Å². The van der Waals surface area contributed by atoms with Crippen molar-refractivity contribution >= 4 is 10.0 Å². The molecule has 3 rings (SSSR count). The Balaban J connectivity index is 1.95. The Hall–Kier alpha value is -2.05. The third-order valence-electron chi connectivity index (χ3n) is 3.94. The van der Waals surface area contributed by atoms with Crippen LogP contribution in [0.4, 0.5) is 0 Å². The predicted molar refractivity (Wildman–Crippen MR) is 87.5 cm³/mol. The summed E-state index contributed by atoms with van der Waals surface area (Å²) in [7, 11) is -2.10. The third-order valence-corrected chi connectivity index (χ3v) is 5.71. The zero-order valence-corrected chi connectivity index (χ0v) is 14.1. The first-order chi connectivity index (χ1) is 10.9. The Bertz CT molecular complexity index is 822. The van der Waals surface area contributed by atoms with Crippen molar-refractivity contribution in [2.45, 2.75) is 24.8 Å². The van der Waals surface area contributed by atoms with Gasteiger partial charge in [-0.15, -0.1) is 0 Å². The average molecular weight is 333 g/mol. The molecule has 5 nitrogen and oxygen atoms in total. The van der Waals surface area contributed by atoms with E-state index in [-0.39, 0.29) is 6.04 Å². The van der Waals surface area contributed by atoms with E-state index in [1.165, 1.54) is 0 Å². The fourth-order valence-electron chi connectivity index (χ4n) is 2.96. The number of fused-ring (bicyclic) bond motifs is 1. The monoisotopic (exact) mass is 333 g/mol. The molecule has 2 aromatic carbocycles. The molecule has 1 atom stereocenters. The molecule has 0 fully saturated rings. The molecule has 0 aromatic heterocycles. The molecule has 0 saturated carbocycles. The summed E-state index contributed by atoms with van der Waals surface area (Å²) in [4.78, 5) is 0.294. The molecule has 0 bridgehead atoms. The van der Waals surface area contributed by atoms with Gasteiger partial charge in [0.2, 0.25) is 10.0 Å². The number of benzene rings is 2. The van der Waals surface area contributed by atoms with Gasteiger partial charge in [0.15, 0.2) is 0 Å². The molecule has 1 heterocycles. The molecule has 0 aliphatic carbocycles. The molecular weight excluding hydrogens is 314 g/mol. The van der Waals surface area contributed by atoms with Crippen LogP contribution in [0.1, 0.15) is 22.7 Å². The number of nitrogens with one attached hydrogen (secondary N) is 1. The maximum atomic E-state index is 12.8. The summed E-state index contributed by atoms with van der Waals surface area (Å²) in [6, 6.07) is 10.5. The van der Waals surface area contributed by atoms with E-state index >= 15 is 0 Å². The lowest BCUT2D eigenvalue weighted by Gasteiger charge is -2.16. The van der Waals surface area contributed by atoms with E-state index < -0.39 is 10.0 Å². The van der Waals surface area contributed by atoms with Crippen molar-refractivity contribution < 1.29 is 17.9 Å². The first-order valence-electron chi connectivity index (χ1n) is 7.31. The third kappa shape index (κ3) is 2.92. The number of para-hydroxylation sites is 1. The Morgan fingerprint density at radius 2 is 1.83 bits per heavy atom. The second kappa shape index (κ2) is 5.86. The molecule has 2 aromatic rings. The lowest BCUT2D eigenvalue weighted by Crippen LogP contribution is -2.30. The molecule has 1 unspecified atom stereocenters. The van der Waals surface area contributed by atoms with E-state index in [0.717, 1.165) is 11.3 Å². The summed E-state index contributed by atoms with van der Waals surface area (Å²) in [5.74, 6) is 1.37. The molecule has 0 amide bonds. The summed E-state index contributed by atoms with van der Waals surface area (Å²) >= 11 is 0. The Morgan fingerprint density at radius 3 is 2.48 bits per heavy atom. The van der Waals surface area contributed by atoms with Crippen LogP contribution in [-0.2, 0) is 10.0 Å². The van der Waals surface area contributed by atoms with Gasteiger partial charge in [-0.1, -0.05) is 18.2 Å². The van der Waals surface area contributed by atoms with Crippen LogP contribution in [0.5, 0.6) is 11.5 Å². The smallest absolute Gasteiger partial charge is 0.241 e. The van der Waals surface area contributed by atoms with Gasteiger partial charge in [-0.25, -0.2) is 13.1 Å². The van der Waals surface area contributed by atoms with E-state index in [1.54, 1.807) is 33.1 Å². The first-order valence-corrected chi connectivity index (χ1v) is 8.80. The minimum atomic E-state index is -3.66. The lowest BCUT2D eigenvalue weighted by molar-refractivity contribution is 0.325. The molecule has 122 valence electrons. The summed E-state index contributed by atoms with van der Waals surface area (Å²) in [5, 5.41) is 0. The number of hydrogen-bond acceptors (Lipinski definition) is 4. The van der Waals surface area contributed by atoms with Gasteiger partial charge in [0.05, 0.1) is 18.0 Å². The number of sulfonamides is 1. The van der Waals surface area contributed by atoms with Gasteiger partial charge in [0.25, 0.3) is 0 Å². The van der Waals surface area contributed by atoms with Crippen molar-refractivity contribution in [3.05, 3.63) is 53.1 Å². The molecule has 0 spiro atoms. The van der Waals surface area contributed by atoms with Crippen LogP contribution in [-0.4, -0.2) is 22.1 Å². The molecule has 1 N–H and O–H groups in total. The van der Waals surface area contributed by atoms with Gasteiger partial charge < -0.3 is 9.47 Å². The second-order valence-electron chi connectivity index (χ2n) is 5.61. The molecule has 0 saturated heterocycles. The topological polar surface area (TPSA) is 64.6 Å². The van der Waals surface area contributed by atoms with Crippen molar-refractivity contribution in [1.82, 2.24) is 4.72 Å².